The number of rotatable bonds is 8. The van der Waals surface area contributed by atoms with E-state index in [1.54, 1.807) is 6.07 Å². The first-order valence-electron chi connectivity index (χ1n) is 7.49. The second kappa shape index (κ2) is 7.40. The molecule has 1 atom stereocenters. The third-order valence-corrected chi connectivity index (χ3v) is 4.97. The summed E-state index contributed by atoms with van der Waals surface area (Å²) in [5.74, 6) is 1.02. The van der Waals surface area contributed by atoms with E-state index in [0.717, 1.165) is 32.5 Å². The molecule has 2 rings (SSSR count). The molecule has 1 fully saturated rings. The molecule has 1 aliphatic rings. The third kappa shape index (κ3) is 4.81. The number of nitrogens with one attached hydrogen (secondary N) is 2. The topological polar surface area (TPSA) is 74.6 Å². The highest BCUT2D eigenvalue weighted by molar-refractivity contribution is 7.89. The predicted octanol–water partition coefficient (Wildman–Crippen LogP) is 1.01. The standard InChI is InChI=1S/C14H25N3O3S/c1-3-7-15-10-13-4-5-14(20-13)21(18,19)16-9-12-6-8-17(2)11-12/h4-5,12,15-16H,3,6-11H2,1-2H3. The SMILES string of the molecule is CCCNCc1ccc(S(=O)(=O)NCC2CCN(C)C2)o1. The lowest BCUT2D eigenvalue weighted by Gasteiger charge is -2.11. The average molecular weight is 315 g/mol. The molecule has 2 N–H and O–H groups in total. The maximum Gasteiger partial charge on any atom is 0.273 e. The minimum Gasteiger partial charge on any atom is -0.447 e. The van der Waals surface area contributed by atoms with E-state index in [-0.39, 0.29) is 5.09 Å². The molecule has 1 saturated heterocycles. The zero-order chi connectivity index (χ0) is 15.3. The van der Waals surface area contributed by atoms with Crippen molar-refractivity contribution in [2.75, 3.05) is 33.2 Å². The van der Waals surface area contributed by atoms with Gasteiger partial charge in [0.05, 0.1) is 6.54 Å². The summed E-state index contributed by atoms with van der Waals surface area (Å²) in [5.41, 5.74) is 0. The fourth-order valence-electron chi connectivity index (χ4n) is 2.48. The Labute approximate surface area is 126 Å². The van der Waals surface area contributed by atoms with Crippen LogP contribution in [0.25, 0.3) is 0 Å². The van der Waals surface area contributed by atoms with Crippen LogP contribution in [-0.4, -0.2) is 46.5 Å². The molecule has 2 heterocycles. The molecule has 120 valence electrons. The van der Waals surface area contributed by atoms with Crippen LogP contribution in [0.2, 0.25) is 0 Å². The molecule has 1 aliphatic heterocycles. The monoisotopic (exact) mass is 315 g/mol. The number of nitrogens with zero attached hydrogens (tertiary/aromatic N) is 1. The molecule has 7 heteroatoms. The highest BCUT2D eigenvalue weighted by atomic mass is 32.2. The van der Waals surface area contributed by atoms with E-state index in [2.05, 4.69) is 28.9 Å². The van der Waals surface area contributed by atoms with Gasteiger partial charge < -0.3 is 14.6 Å². The van der Waals surface area contributed by atoms with Gasteiger partial charge in [-0.15, -0.1) is 0 Å². The summed E-state index contributed by atoms with van der Waals surface area (Å²) in [6, 6.07) is 3.23. The van der Waals surface area contributed by atoms with Crippen LogP contribution in [0.3, 0.4) is 0 Å². The van der Waals surface area contributed by atoms with Crippen molar-refractivity contribution in [3.8, 4) is 0 Å². The lowest BCUT2D eigenvalue weighted by Crippen LogP contribution is -2.30. The lowest BCUT2D eigenvalue weighted by molar-refractivity contribution is 0.388. The molecule has 1 aromatic rings. The first-order valence-corrected chi connectivity index (χ1v) is 8.97. The van der Waals surface area contributed by atoms with E-state index in [1.165, 1.54) is 6.07 Å². The molecular formula is C14H25N3O3S. The van der Waals surface area contributed by atoms with Gasteiger partial charge in [-0.1, -0.05) is 6.92 Å². The molecule has 0 saturated carbocycles. The van der Waals surface area contributed by atoms with Crippen molar-refractivity contribution in [3.05, 3.63) is 17.9 Å². The molecule has 6 nitrogen and oxygen atoms in total. The Hall–Kier alpha value is -0.890. The quantitative estimate of drug-likeness (QED) is 0.700. The first kappa shape index (κ1) is 16.5. The van der Waals surface area contributed by atoms with Gasteiger partial charge in [-0.25, -0.2) is 13.1 Å². The van der Waals surface area contributed by atoms with Crippen LogP contribution in [0.5, 0.6) is 0 Å². The Morgan fingerprint density at radius 2 is 2.24 bits per heavy atom. The summed E-state index contributed by atoms with van der Waals surface area (Å²) < 4.78 is 32.4. The zero-order valence-electron chi connectivity index (χ0n) is 12.8. The van der Waals surface area contributed by atoms with Crippen LogP contribution in [0.15, 0.2) is 21.6 Å². The summed E-state index contributed by atoms with van der Waals surface area (Å²) in [6.45, 7) is 5.95. The molecule has 1 unspecified atom stereocenters. The second-order valence-corrected chi connectivity index (χ2v) is 7.36. The van der Waals surface area contributed by atoms with Crippen molar-refractivity contribution in [1.29, 1.82) is 0 Å². The summed E-state index contributed by atoms with van der Waals surface area (Å²) in [5, 5.41) is 3.19. The Balaban J connectivity index is 1.87. The number of likely N-dealkylation sites (tertiary alicyclic amines) is 1. The molecule has 21 heavy (non-hydrogen) atoms. The molecule has 0 aliphatic carbocycles. The van der Waals surface area contributed by atoms with E-state index in [9.17, 15) is 8.42 Å². The van der Waals surface area contributed by atoms with Crippen molar-refractivity contribution >= 4 is 10.0 Å². The highest BCUT2D eigenvalue weighted by Gasteiger charge is 2.24. The van der Waals surface area contributed by atoms with E-state index < -0.39 is 10.0 Å². The Bertz CT molecular complexity index is 541. The normalized spacial score (nSPS) is 20.2. The minimum absolute atomic E-state index is 0.00199. The highest BCUT2D eigenvalue weighted by Crippen LogP contribution is 2.16. The van der Waals surface area contributed by atoms with Gasteiger partial charge in [-0.3, -0.25) is 0 Å². The van der Waals surface area contributed by atoms with Gasteiger partial charge in [-0.05, 0) is 51.0 Å². The van der Waals surface area contributed by atoms with Crippen LogP contribution >= 0.6 is 0 Å². The fraction of sp³-hybridized carbons (Fsp3) is 0.714. The van der Waals surface area contributed by atoms with Gasteiger partial charge in [-0.2, -0.15) is 0 Å². The maximum atomic E-state index is 12.2. The summed E-state index contributed by atoms with van der Waals surface area (Å²) in [6.07, 6.45) is 2.06. The van der Waals surface area contributed by atoms with E-state index in [1.807, 2.05) is 0 Å². The van der Waals surface area contributed by atoms with Gasteiger partial charge in [0.1, 0.15) is 5.76 Å². The predicted molar refractivity (Wildman–Crippen MR) is 81.5 cm³/mol. The number of hydrogen-bond donors (Lipinski definition) is 2. The van der Waals surface area contributed by atoms with Gasteiger partial charge in [0.2, 0.25) is 5.09 Å². The van der Waals surface area contributed by atoms with Crippen molar-refractivity contribution in [2.24, 2.45) is 5.92 Å². The van der Waals surface area contributed by atoms with Crippen LogP contribution in [-0.2, 0) is 16.6 Å². The van der Waals surface area contributed by atoms with Crippen LogP contribution < -0.4 is 10.0 Å². The van der Waals surface area contributed by atoms with Crippen LogP contribution in [0.1, 0.15) is 25.5 Å². The summed E-state index contributed by atoms with van der Waals surface area (Å²) >= 11 is 0. The molecule has 1 aromatic heterocycles. The van der Waals surface area contributed by atoms with E-state index in [0.29, 0.717) is 24.8 Å². The summed E-state index contributed by atoms with van der Waals surface area (Å²) in [4.78, 5) is 2.21. The second-order valence-electron chi connectivity index (χ2n) is 5.67. The largest absolute Gasteiger partial charge is 0.447 e. The molecule has 0 radical (unpaired) electrons. The van der Waals surface area contributed by atoms with Gasteiger partial charge in [0.15, 0.2) is 0 Å². The molecule has 0 bridgehead atoms. The lowest BCUT2D eigenvalue weighted by atomic mass is 10.1. The molecule has 0 spiro atoms. The zero-order valence-corrected chi connectivity index (χ0v) is 13.6. The summed E-state index contributed by atoms with van der Waals surface area (Å²) in [7, 11) is -1.49. The Kier molecular flexibility index (Phi) is 5.80. The van der Waals surface area contributed by atoms with Crippen molar-refractivity contribution in [2.45, 2.75) is 31.4 Å². The van der Waals surface area contributed by atoms with Crippen LogP contribution in [0, 0.1) is 5.92 Å². The number of sulfonamides is 1. The van der Waals surface area contributed by atoms with Gasteiger partial charge in [0.25, 0.3) is 10.0 Å². The Morgan fingerprint density at radius 3 is 2.90 bits per heavy atom. The van der Waals surface area contributed by atoms with E-state index in [4.69, 9.17) is 4.42 Å². The minimum atomic E-state index is -3.54. The molecular weight excluding hydrogens is 290 g/mol. The fourth-order valence-corrected chi connectivity index (χ4v) is 3.54. The average Bonchev–Trinajstić information content (AvgIpc) is 3.06. The molecule has 0 amide bonds. The van der Waals surface area contributed by atoms with E-state index >= 15 is 0 Å². The Morgan fingerprint density at radius 1 is 1.43 bits per heavy atom. The molecule has 0 aromatic carbocycles. The third-order valence-electron chi connectivity index (χ3n) is 3.68. The maximum absolute atomic E-state index is 12.2. The van der Waals surface area contributed by atoms with Crippen molar-refractivity contribution < 1.29 is 12.8 Å². The van der Waals surface area contributed by atoms with Gasteiger partial charge >= 0.3 is 0 Å². The first-order chi connectivity index (χ1) is 10.0. The van der Waals surface area contributed by atoms with Crippen molar-refractivity contribution in [3.63, 3.8) is 0 Å². The van der Waals surface area contributed by atoms with Crippen molar-refractivity contribution in [1.82, 2.24) is 14.9 Å². The van der Waals surface area contributed by atoms with Crippen LogP contribution in [0.4, 0.5) is 0 Å². The van der Waals surface area contributed by atoms with Gasteiger partial charge in [0, 0.05) is 13.1 Å². The number of furan rings is 1. The number of hydrogen-bond acceptors (Lipinski definition) is 5. The smallest absolute Gasteiger partial charge is 0.273 e.